The first-order valence-electron chi connectivity index (χ1n) is 9.74. The van der Waals surface area contributed by atoms with Crippen molar-refractivity contribution in [2.45, 2.75) is 18.4 Å². The van der Waals surface area contributed by atoms with Crippen molar-refractivity contribution in [1.82, 2.24) is 8.77 Å². The van der Waals surface area contributed by atoms with Gasteiger partial charge in [-0.2, -0.15) is 12.5 Å². The van der Waals surface area contributed by atoms with Crippen molar-refractivity contribution in [3.8, 4) is 17.2 Å². The first-order valence-corrected chi connectivity index (χ1v) is 11.2. The third-order valence-electron chi connectivity index (χ3n) is 5.23. The average Bonchev–Trinajstić information content (AvgIpc) is 3.07. The number of fused-ring (bicyclic) bond motifs is 1. The van der Waals surface area contributed by atoms with Gasteiger partial charge < -0.3 is 14.6 Å². The van der Waals surface area contributed by atoms with Crippen LogP contribution < -0.4 is 15.0 Å². The molecular weight excluding hydrogens is 432 g/mol. The number of ether oxygens (including phenoxy) is 2. The lowest BCUT2D eigenvalue weighted by atomic mass is 10.1. The summed E-state index contributed by atoms with van der Waals surface area (Å²) in [6, 6.07) is 15.5. The van der Waals surface area contributed by atoms with E-state index in [2.05, 4.69) is 0 Å². The van der Waals surface area contributed by atoms with Crippen LogP contribution in [0.4, 0.5) is 0 Å². The maximum atomic E-state index is 13.6. The Morgan fingerprint density at radius 1 is 0.906 bits per heavy atom. The molecule has 1 heterocycles. The second-order valence-corrected chi connectivity index (χ2v) is 9.07. The number of nitrogens with zero attached hydrogens (tertiary/aromatic N) is 2. The molecule has 0 atom stereocenters. The van der Waals surface area contributed by atoms with Gasteiger partial charge in [0.15, 0.2) is 0 Å². The second kappa shape index (κ2) is 8.08. The van der Waals surface area contributed by atoms with E-state index in [0.717, 1.165) is 14.3 Å². The molecule has 4 aromatic rings. The zero-order chi connectivity index (χ0) is 23.0. The Labute approximate surface area is 184 Å². The largest absolute Gasteiger partial charge is 0.508 e. The summed E-state index contributed by atoms with van der Waals surface area (Å²) in [7, 11) is -1.21. The van der Waals surface area contributed by atoms with Crippen molar-refractivity contribution < 1.29 is 23.0 Å². The summed E-state index contributed by atoms with van der Waals surface area (Å²) in [6.45, 7) is 1.71. The van der Waals surface area contributed by atoms with E-state index in [4.69, 9.17) is 9.47 Å². The summed E-state index contributed by atoms with van der Waals surface area (Å²) in [5.74, 6) is 0.908. The third-order valence-corrected chi connectivity index (χ3v) is 6.95. The lowest BCUT2D eigenvalue weighted by Gasteiger charge is -2.15. The number of aryl methyl sites for hydroxylation is 1. The Kier molecular flexibility index (Phi) is 5.43. The molecule has 32 heavy (non-hydrogen) atoms. The van der Waals surface area contributed by atoms with Crippen molar-refractivity contribution in [2.75, 3.05) is 14.2 Å². The van der Waals surface area contributed by atoms with Crippen LogP contribution >= 0.6 is 0 Å². The van der Waals surface area contributed by atoms with Crippen LogP contribution in [-0.4, -0.2) is 36.5 Å². The summed E-state index contributed by atoms with van der Waals surface area (Å²) in [5.41, 5.74) is 0.983. The Hall–Kier alpha value is -3.72. The SMILES string of the molecule is COc1ccc(S(=O)(=O)n2c3ccc(OC)cc3c(=O)n2Cc2cc(C)ccc2O)cc1. The number of rotatable bonds is 6. The van der Waals surface area contributed by atoms with Gasteiger partial charge in [-0.15, -0.1) is 0 Å². The number of hydrogen-bond acceptors (Lipinski definition) is 6. The molecule has 0 amide bonds. The maximum absolute atomic E-state index is 13.6. The highest BCUT2D eigenvalue weighted by Gasteiger charge is 2.26. The molecule has 1 N–H and O–H groups in total. The maximum Gasteiger partial charge on any atom is 0.282 e. The molecule has 0 radical (unpaired) electrons. The number of aromatic nitrogens is 2. The van der Waals surface area contributed by atoms with E-state index < -0.39 is 15.6 Å². The highest BCUT2D eigenvalue weighted by Crippen LogP contribution is 2.26. The van der Waals surface area contributed by atoms with Gasteiger partial charge in [0.05, 0.1) is 36.6 Å². The number of hydrogen-bond donors (Lipinski definition) is 1. The minimum atomic E-state index is -4.16. The van der Waals surface area contributed by atoms with E-state index in [1.807, 2.05) is 6.92 Å². The van der Waals surface area contributed by atoms with E-state index in [1.165, 1.54) is 56.7 Å². The minimum Gasteiger partial charge on any atom is -0.508 e. The summed E-state index contributed by atoms with van der Waals surface area (Å²) in [6.07, 6.45) is 0. The molecule has 0 bridgehead atoms. The first-order chi connectivity index (χ1) is 15.3. The highest BCUT2D eigenvalue weighted by molar-refractivity contribution is 7.90. The Balaban J connectivity index is 2.00. The molecule has 0 saturated carbocycles. The van der Waals surface area contributed by atoms with Crippen molar-refractivity contribution in [3.63, 3.8) is 0 Å². The van der Waals surface area contributed by atoms with Crippen molar-refractivity contribution in [3.05, 3.63) is 82.1 Å². The first kappa shape index (κ1) is 21.5. The molecule has 0 spiro atoms. The lowest BCUT2D eigenvalue weighted by Crippen LogP contribution is -2.28. The fourth-order valence-corrected chi connectivity index (χ4v) is 5.07. The van der Waals surface area contributed by atoms with Crippen molar-refractivity contribution in [1.29, 1.82) is 0 Å². The van der Waals surface area contributed by atoms with Crippen LogP contribution in [0.25, 0.3) is 10.9 Å². The number of phenolic OH excluding ortho intramolecular Hbond substituents is 1. The number of aromatic hydroxyl groups is 1. The smallest absolute Gasteiger partial charge is 0.282 e. The molecule has 0 saturated heterocycles. The van der Waals surface area contributed by atoms with Crippen LogP contribution in [-0.2, 0) is 16.6 Å². The van der Waals surface area contributed by atoms with Gasteiger partial charge in [-0.3, -0.25) is 4.79 Å². The zero-order valence-electron chi connectivity index (χ0n) is 17.8. The van der Waals surface area contributed by atoms with E-state index in [0.29, 0.717) is 17.1 Å². The molecule has 0 aliphatic heterocycles. The number of benzene rings is 3. The summed E-state index contributed by atoms with van der Waals surface area (Å²) in [5, 5.41) is 10.5. The summed E-state index contributed by atoms with van der Waals surface area (Å²) in [4.78, 5) is 13.3. The Morgan fingerprint density at radius 2 is 1.56 bits per heavy atom. The molecule has 9 heteroatoms. The highest BCUT2D eigenvalue weighted by atomic mass is 32.2. The lowest BCUT2D eigenvalue weighted by molar-refractivity contribution is 0.414. The second-order valence-electron chi connectivity index (χ2n) is 7.30. The molecule has 0 unspecified atom stereocenters. The van der Waals surface area contributed by atoms with Crippen LogP contribution in [0, 0.1) is 6.92 Å². The minimum absolute atomic E-state index is 0.00627. The van der Waals surface area contributed by atoms with Gasteiger partial charge in [0, 0.05) is 5.56 Å². The molecule has 3 aromatic carbocycles. The van der Waals surface area contributed by atoms with Crippen molar-refractivity contribution in [2.24, 2.45) is 0 Å². The summed E-state index contributed by atoms with van der Waals surface area (Å²) >= 11 is 0. The normalized spacial score (nSPS) is 11.6. The molecule has 4 rings (SSSR count). The van der Waals surface area contributed by atoms with Gasteiger partial charge in [0.1, 0.15) is 17.2 Å². The third kappa shape index (κ3) is 3.60. The van der Waals surface area contributed by atoms with Crippen LogP contribution in [0.5, 0.6) is 17.2 Å². The molecule has 0 aliphatic rings. The van der Waals surface area contributed by atoms with E-state index >= 15 is 0 Å². The van der Waals surface area contributed by atoms with Gasteiger partial charge in [-0.1, -0.05) is 17.7 Å². The fourth-order valence-electron chi connectivity index (χ4n) is 3.58. The average molecular weight is 455 g/mol. The van der Waals surface area contributed by atoms with E-state index in [9.17, 15) is 18.3 Å². The molecule has 166 valence electrons. The van der Waals surface area contributed by atoms with Crippen LogP contribution in [0.15, 0.2) is 70.4 Å². The molecule has 0 aliphatic carbocycles. The standard InChI is InChI=1S/C23H22N2O6S/c1-15-4-11-22(26)16(12-15)14-24-23(27)20-13-18(31-3)7-10-21(20)25(24)32(28,29)19-8-5-17(30-2)6-9-19/h4-13,26H,14H2,1-3H3. The van der Waals surface area contributed by atoms with E-state index in [-0.39, 0.29) is 28.1 Å². The molecule has 0 fully saturated rings. The monoisotopic (exact) mass is 454 g/mol. The number of phenols is 1. The molecular formula is C23H22N2O6S. The van der Waals surface area contributed by atoms with Crippen molar-refractivity contribution >= 4 is 20.9 Å². The predicted molar refractivity (Wildman–Crippen MR) is 120 cm³/mol. The Morgan fingerprint density at radius 3 is 2.22 bits per heavy atom. The predicted octanol–water partition coefficient (Wildman–Crippen LogP) is 3.12. The van der Waals surface area contributed by atoms with Crippen LogP contribution in [0.1, 0.15) is 11.1 Å². The van der Waals surface area contributed by atoms with Gasteiger partial charge in [0.25, 0.3) is 15.6 Å². The quantitative estimate of drug-likeness (QED) is 0.481. The Bertz CT molecular complexity index is 1470. The van der Waals surface area contributed by atoms with Gasteiger partial charge in [-0.25, -0.2) is 4.68 Å². The van der Waals surface area contributed by atoms with Gasteiger partial charge in [0.2, 0.25) is 0 Å². The van der Waals surface area contributed by atoms with Crippen LogP contribution in [0.3, 0.4) is 0 Å². The summed E-state index contributed by atoms with van der Waals surface area (Å²) < 4.78 is 39.7. The van der Waals surface area contributed by atoms with Gasteiger partial charge >= 0.3 is 0 Å². The van der Waals surface area contributed by atoms with E-state index in [1.54, 1.807) is 18.2 Å². The van der Waals surface area contributed by atoms with Gasteiger partial charge in [-0.05, 0) is 55.5 Å². The molecule has 8 nitrogen and oxygen atoms in total. The zero-order valence-corrected chi connectivity index (χ0v) is 18.6. The molecule has 1 aromatic heterocycles. The van der Waals surface area contributed by atoms with Crippen LogP contribution in [0.2, 0.25) is 0 Å². The topological polar surface area (TPSA) is 99.8 Å². The number of methoxy groups -OCH3 is 2. The fraction of sp³-hybridized carbons (Fsp3) is 0.174.